The van der Waals surface area contributed by atoms with Crippen LogP contribution in [0.15, 0.2) is 46.9 Å². The number of hydrogen-bond acceptors (Lipinski definition) is 5. The number of likely N-dealkylation sites (tertiary alicyclic amines) is 2. The third-order valence-electron chi connectivity index (χ3n) is 8.69. The highest BCUT2D eigenvalue weighted by Gasteiger charge is 2.64. The summed E-state index contributed by atoms with van der Waals surface area (Å²) in [5.41, 5.74) is -2.95. The number of rotatable bonds is 5. The third kappa shape index (κ3) is 6.53. The summed E-state index contributed by atoms with van der Waals surface area (Å²) < 4.78 is 61.4. The molecule has 0 aliphatic carbocycles. The summed E-state index contributed by atoms with van der Waals surface area (Å²) in [4.78, 5) is 29.9. The standard InChI is InChI=1S/C32H40BrF3N2O5/c1-21-17-22(19-23(33)18-21)31(42-6,32(34,35)36)27(39)37-14-11-30(12-15-37)13-16-38(28(40)43-29(2,3)4)20-25(30)24-9-7-8-10-26(24)41-5/h7-10,17-19,25H,11-16,20H2,1-6H3. The number of ether oxygens (including phenoxy) is 3. The van der Waals surface area contributed by atoms with Gasteiger partial charge in [0.05, 0.1) is 7.11 Å². The van der Waals surface area contributed by atoms with E-state index in [1.807, 2.05) is 45.0 Å². The van der Waals surface area contributed by atoms with E-state index in [9.17, 15) is 22.8 Å². The van der Waals surface area contributed by atoms with Gasteiger partial charge in [0.1, 0.15) is 11.4 Å². The molecule has 2 aliphatic heterocycles. The Morgan fingerprint density at radius 1 is 0.953 bits per heavy atom. The minimum Gasteiger partial charge on any atom is -0.496 e. The van der Waals surface area contributed by atoms with Crippen molar-refractivity contribution < 1.29 is 37.0 Å². The number of hydrogen-bond donors (Lipinski definition) is 0. The summed E-state index contributed by atoms with van der Waals surface area (Å²) in [7, 11) is 2.52. The molecular formula is C32H40BrF3N2O5. The SMILES string of the molecule is COc1ccccc1C1CN(C(=O)OC(C)(C)C)CCC12CCN(C(=O)C(OC)(c1cc(C)cc(Br)c1)C(F)(F)F)CC2. The Labute approximate surface area is 259 Å². The van der Waals surface area contributed by atoms with Crippen molar-refractivity contribution in [2.24, 2.45) is 5.41 Å². The molecule has 2 aromatic rings. The molecule has 0 N–H and O–H groups in total. The molecule has 236 valence electrons. The van der Waals surface area contributed by atoms with Crippen molar-refractivity contribution in [1.82, 2.24) is 9.80 Å². The van der Waals surface area contributed by atoms with Crippen LogP contribution in [0.4, 0.5) is 18.0 Å². The molecule has 2 amide bonds. The van der Waals surface area contributed by atoms with Gasteiger partial charge in [0, 0.05) is 49.2 Å². The van der Waals surface area contributed by atoms with Crippen molar-refractivity contribution in [2.45, 2.75) is 70.3 Å². The largest absolute Gasteiger partial charge is 0.496 e. The highest BCUT2D eigenvalue weighted by atomic mass is 79.9. The van der Waals surface area contributed by atoms with Crippen LogP contribution in [0.5, 0.6) is 5.75 Å². The first-order valence-corrected chi connectivity index (χ1v) is 15.2. The smallest absolute Gasteiger partial charge is 0.430 e. The number of piperidine rings is 2. The number of carbonyl (C=O) groups is 2. The van der Waals surface area contributed by atoms with Crippen LogP contribution in [0.3, 0.4) is 0 Å². The third-order valence-corrected chi connectivity index (χ3v) is 9.15. The molecule has 2 unspecified atom stereocenters. The van der Waals surface area contributed by atoms with E-state index in [0.29, 0.717) is 48.1 Å². The molecule has 2 heterocycles. The van der Waals surface area contributed by atoms with Crippen LogP contribution in [0.2, 0.25) is 0 Å². The Bertz CT molecular complexity index is 1320. The lowest BCUT2D eigenvalue weighted by atomic mass is 9.62. The predicted octanol–water partition coefficient (Wildman–Crippen LogP) is 7.20. The van der Waals surface area contributed by atoms with E-state index in [1.165, 1.54) is 17.0 Å². The second kappa shape index (κ2) is 12.3. The van der Waals surface area contributed by atoms with Gasteiger partial charge in [-0.15, -0.1) is 0 Å². The Balaban J connectivity index is 1.66. The van der Waals surface area contributed by atoms with E-state index in [1.54, 1.807) is 25.0 Å². The summed E-state index contributed by atoms with van der Waals surface area (Å²) in [6, 6.07) is 11.9. The van der Waals surface area contributed by atoms with Crippen molar-refractivity contribution in [3.63, 3.8) is 0 Å². The number of benzene rings is 2. The van der Waals surface area contributed by atoms with Gasteiger partial charge in [-0.3, -0.25) is 4.79 Å². The molecule has 11 heteroatoms. The maximum absolute atomic E-state index is 14.8. The summed E-state index contributed by atoms with van der Waals surface area (Å²) in [5.74, 6) is -0.628. The summed E-state index contributed by atoms with van der Waals surface area (Å²) in [5, 5.41) is 0. The second-order valence-corrected chi connectivity index (χ2v) is 13.4. The van der Waals surface area contributed by atoms with Gasteiger partial charge in [-0.05, 0) is 81.7 Å². The topological polar surface area (TPSA) is 68.3 Å². The summed E-state index contributed by atoms with van der Waals surface area (Å²) in [6.45, 7) is 8.16. The fourth-order valence-electron chi connectivity index (χ4n) is 6.56. The van der Waals surface area contributed by atoms with Gasteiger partial charge in [0.2, 0.25) is 0 Å². The number of amides is 2. The Morgan fingerprint density at radius 3 is 2.09 bits per heavy atom. The number of nitrogens with zero attached hydrogens (tertiary/aromatic N) is 2. The zero-order valence-corrected chi connectivity index (χ0v) is 27.1. The number of para-hydroxylation sites is 1. The summed E-state index contributed by atoms with van der Waals surface area (Å²) in [6.07, 6.45) is -3.89. The fraction of sp³-hybridized carbons (Fsp3) is 0.562. The first kappa shape index (κ1) is 33.1. The number of aryl methyl sites for hydroxylation is 1. The van der Waals surface area contributed by atoms with Crippen molar-refractivity contribution >= 4 is 27.9 Å². The normalized spacial score (nSPS) is 20.5. The number of halogens is 4. The van der Waals surface area contributed by atoms with Crippen molar-refractivity contribution in [2.75, 3.05) is 40.4 Å². The van der Waals surface area contributed by atoms with E-state index >= 15 is 0 Å². The molecule has 2 aliphatic rings. The van der Waals surface area contributed by atoms with Gasteiger partial charge in [-0.25, -0.2) is 4.79 Å². The molecule has 0 aromatic heterocycles. The van der Waals surface area contributed by atoms with E-state index < -0.39 is 29.4 Å². The first-order valence-electron chi connectivity index (χ1n) is 14.4. The van der Waals surface area contributed by atoms with Gasteiger partial charge < -0.3 is 24.0 Å². The van der Waals surface area contributed by atoms with Crippen molar-refractivity contribution in [3.8, 4) is 5.75 Å². The Hall–Kier alpha value is -2.79. The molecule has 7 nitrogen and oxygen atoms in total. The van der Waals surface area contributed by atoms with Gasteiger partial charge in [-0.2, -0.15) is 13.2 Å². The van der Waals surface area contributed by atoms with Gasteiger partial charge in [-0.1, -0.05) is 40.2 Å². The molecule has 2 atom stereocenters. The number of methoxy groups -OCH3 is 2. The molecule has 2 saturated heterocycles. The molecule has 2 aromatic carbocycles. The molecule has 0 radical (unpaired) electrons. The maximum atomic E-state index is 14.8. The van der Waals surface area contributed by atoms with Crippen LogP contribution in [0, 0.1) is 12.3 Å². The van der Waals surface area contributed by atoms with Crippen molar-refractivity contribution in [1.29, 1.82) is 0 Å². The van der Waals surface area contributed by atoms with Crippen LogP contribution < -0.4 is 4.74 Å². The molecule has 0 bridgehead atoms. The predicted molar refractivity (Wildman–Crippen MR) is 160 cm³/mol. The Kier molecular flexibility index (Phi) is 9.47. The average molecular weight is 670 g/mol. The van der Waals surface area contributed by atoms with Gasteiger partial charge in [0.15, 0.2) is 0 Å². The molecule has 2 fully saturated rings. The molecule has 0 saturated carbocycles. The quantitative estimate of drug-likeness (QED) is 0.337. The number of alkyl halides is 3. The molecule has 1 spiro atoms. The van der Waals surface area contributed by atoms with Crippen molar-refractivity contribution in [3.05, 3.63) is 63.6 Å². The lowest BCUT2D eigenvalue weighted by molar-refractivity contribution is -0.271. The van der Waals surface area contributed by atoms with E-state index in [4.69, 9.17) is 14.2 Å². The average Bonchev–Trinajstić information content (AvgIpc) is 2.92. The summed E-state index contributed by atoms with van der Waals surface area (Å²) >= 11 is 3.27. The lowest BCUT2D eigenvalue weighted by Gasteiger charge is -2.52. The fourth-order valence-corrected chi connectivity index (χ4v) is 7.16. The van der Waals surface area contributed by atoms with Crippen LogP contribution in [0.25, 0.3) is 0 Å². The maximum Gasteiger partial charge on any atom is 0.430 e. The second-order valence-electron chi connectivity index (χ2n) is 12.5. The molecule has 43 heavy (non-hydrogen) atoms. The van der Waals surface area contributed by atoms with E-state index in [-0.39, 0.29) is 30.0 Å². The zero-order chi connectivity index (χ0) is 31.8. The first-order chi connectivity index (χ1) is 20.1. The van der Waals surface area contributed by atoms with Crippen LogP contribution in [-0.4, -0.2) is 74.0 Å². The van der Waals surface area contributed by atoms with Crippen LogP contribution >= 0.6 is 15.9 Å². The lowest BCUT2D eigenvalue weighted by Crippen LogP contribution is -2.60. The highest BCUT2D eigenvalue weighted by Crippen LogP contribution is 2.53. The van der Waals surface area contributed by atoms with Gasteiger partial charge >= 0.3 is 12.3 Å². The molecule has 4 rings (SSSR count). The number of carbonyl (C=O) groups excluding carboxylic acids is 2. The van der Waals surface area contributed by atoms with Crippen LogP contribution in [0.1, 0.15) is 62.6 Å². The Morgan fingerprint density at radius 2 is 1.56 bits per heavy atom. The van der Waals surface area contributed by atoms with Gasteiger partial charge in [0.25, 0.3) is 11.5 Å². The van der Waals surface area contributed by atoms with Crippen LogP contribution in [-0.2, 0) is 19.9 Å². The minimum absolute atomic E-state index is 0.116. The molecular weight excluding hydrogens is 629 g/mol. The highest BCUT2D eigenvalue weighted by molar-refractivity contribution is 9.10. The van der Waals surface area contributed by atoms with E-state index in [2.05, 4.69) is 15.9 Å². The monoisotopic (exact) mass is 668 g/mol. The van der Waals surface area contributed by atoms with E-state index in [0.717, 1.165) is 12.7 Å². The zero-order valence-electron chi connectivity index (χ0n) is 25.5. The minimum atomic E-state index is -5.00.